The summed E-state index contributed by atoms with van der Waals surface area (Å²) in [6.07, 6.45) is 2.41. The maximum absolute atomic E-state index is 11.5. The van der Waals surface area contributed by atoms with E-state index < -0.39 is 23.7 Å². The van der Waals surface area contributed by atoms with Crippen LogP contribution in [0.3, 0.4) is 0 Å². The van der Waals surface area contributed by atoms with E-state index in [-0.39, 0.29) is 6.42 Å². The van der Waals surface area contributed by atoms with Gasteiger partial charge in [0.15, 0.2) is 0 Å². The molecule has 0 aliphatic heterocycles. The molecule has 0 aliphatic carbocycles. The molecule has 0 saturated carbocycles. The van der Waals surface area contributed by atoms with Gasteiger partial charge in [-0.15, -0.1) is 0 Å². The average Bonchev–Trinajstić information content (AvgIpc) is 2.66. The number of hydrogen-bond donors (Lipinski definition) is 3. The van der Waals surface area contributed by atoms with Crippen molar-refractivity contribution < 1.29 is 19.4 Å². The zero-order valence-electron chi connectivity index (χ0n) is 10.6. The van der Waals surface area contributed by atoms with Crippen LogP contribution in [0, 0.1) is 0 Å². The third-order valence-corrected chi connectivity index (χ3v) is 1.94. The van der Waals surface area contributed by atoms with E-state index in [0.717, 1.165) is 0 Å². The lowest BCUT2D eigenvalue weighted by atomic mass is 10.2. The van der Waals surface area contributed by atoms with Gasteiger partial charge in [-0.1, -0.05) is 0 Å². The van der Waals surface area contributed by atoms with E-state index in [2.05, 4.69) is 15.3 Å². The van der Waals surface area contributed by atoms with Crippen molar-refractivity contribution in [1.29, 1.82) is 0 Å². The van der Waals surface area contributed by atoms with Gasteiger partial charge in [0, 0.05) is 18.8 Å². The van der Waals surface area contributed by atoms with Crippen LogP contribution in [0.2, 0.25) is 0 Å². The highest BCUT2D eigenvalue weighted by Gasteiger charge is 2.24. The van der Waals surface area contributed by atoms with Crippen molar-refractivity contribution in [2.24, 2.45) is 0 Å². The topological polar surface area (TPSA) is 104 Å². The lowest BCUT2D eigenvalue weighted by molar-refractivity contribution is -0.139. The van der Waals surface area contributed by atoms with E-state index in [1.807, 2.05) is 0 Å². The summed E-state index contributed by atoms with van der Waals surface area (Å²) in [4.78, 5) is 29.2. The fourth-order valence-electron chi connectivity index (χ4n) is 1.25. The molecule has 0 spiro atoms. The lowest BCUT2D eigenvalue weighted by Crippen LogP contribution is -2.44. The van der Waals surface area contributed by atoms with Crippen LogP contribution in [0.5, 0.6) is 0 Å². The molecular formula is C11H17N3O4. The summed E-state index contributed by atoms with van der Waals surface area (Å²) in [6.45, 7) is 5.11. The number of imidazole rings is 1. The van der Waals surface area contributed by atoms with Crippen molar-refractivity contribution >= 4 is 12.1 Å². The Morgan fingerprint density at radius 2 is 2.22 bits per heavy atom. The first-order valence-corrected chi connectivity index (χ1v) is 5.48. The third-order valence-electron chi connectivity index (χ3n) is 1.94. The molecule has 1 amide bonds. The van der Waals surface area contributed by atoms with E-state index in [0.29, 0.717) is 5.82 Å². The Balaban J connectivity index is 2.58. The Kier molecular flexibility index (Phi) is 4.30. The number of hydrogen-bond acceptors (Lipinski definition) is 4. The van der Waals surface area contributed by atoms with E-state index in [1.165, 1.54) is 6.20 Å². The van der Waals surface area contributed by atoms with Gasteiger partial charge < -0.3 is 20.1 Å². The van der Waals surface area contributed by atoms with Crippen LogP contribution in [0.25, 0.3) is 0 Å². The molecule has 3 N–H and O–H groups in total. The van der Waals surface area contributed by atoms with E-state index in [4.69, 9.17) is 9.84 Å². The Bertz CT molecular complexity index is 408. The van der Waals surface area contributed by atoms with Gasteiger partial charge in [-0.25, -0.2) is 14.6 Å². The minimum absolute atomic E-state index is 0.0710. The van der Waals surface area contributed by atoms with Gasteiger partial charge in [0.25, 0.3) is 0 Å². The summed E-state index contributed by atoms with van der Waals surface area (Å²) >= 11 is 0. The third kappa shape index (κ3) is 4.86. The maximum Gasteiger partial charge on any atom is 0.408 e. The molecule has 18 heavy (non-hydrogen) atoms. The van der Waals surface area contributed by atoms with E-state index in [1.54, 1.807) is 27.0 Å². The molecule has 1 aromatic rings. The number of carbonyl (C=O) groups is 2. The highest BCUT2D eigenvalue weighted by atomic mass is 16.6. The number of rotatable bonds is 4. The van der Waals surface area contributed by atoms with Gasteiger partial charge in [-0.3, -0.25) is 0 Å². The molecule has 7 nitrogen and oxygen atoms in total. The van der Waals surface area contributed by atoms with Crippen molar-refractivity contribution in [3.05, 3.63) is 18.2 Å². The molecule has 0 aliphatic rings. The van der Waals surface area contributed by atoms with E-state index >= 15 is 0 Å². The summed E-state index contributed by atoms with van der Waals surface area (Å²) < 4.78 is 4.99. The number of aromatic amines is 1. The number of amides is 1. The molecule has 0 saturated heterocycles. The normalized spacial score (nSPS) is 12.8. The fraction of sp³-hybridized carbons (Fsp3) is 0.545. The molecule has 0 bridgehead atoms. The second-order valence-corrected chi connectivity index (χ2v) is 4.78. The van der Waals surface area contributed by atoms with Crippen molar-refractivity contribution in [1.82, 2.24) is 15.3 Å². The summed E-state index contributed by atoms with van der Waals surface area (Å²) in [6, 6.07) is -1.08. The van der Waals surface area contributed by atoms with E-state index in [9.17, 15) is 9.59 Å². The predicted molar refractivity (Wildman–Crippen MR) is 63.1 cm³/mol. The van der Waals surface area contributed by atoms with Gasteiger partial charge in [-0.2, -0.15) is 0 Å². The largest absolute Gasteiger partial charge is 0.480 e. The van der Waals surface area contributed by atoms with Crippen LogP contribution < -0.4 is 5.32 Å². The molecule has 0 fully saturated rings. The average molecular weight is 255 g/mol. The van der Waals surface area contributed by atoms with Gasteiger partial charge in [0.2, 0.25) is 0 Å². The summed E-state index contributed by atoms with van der Waals surface area (Å²) in [5, 5.41) is 11.3. The molecule has 0 radical (unpaired) electrons. The highest BCUT2D eigenvalue weighted by Crippen LogP contribution is 2.07. The molecule has 0 aromatic carbocycles. The quantitative estimate of drug-likeness (QED) is 0.742. The van der Waals surface area contributed by atoms with Crippen LogP contribution in [-0.4, -0.2) is 38.8 Å². The minimum Gasteiger partial charge on any atom is -0.480 e. The number of H-pyrrole nitrogens is 1. The second kappa shape index (κ2) is 5.52. The van der Waals surface area contributed by atoms with Crippen molar-refractivity contribution in [3.8, 4) is 0 Å². The Morgan fingerprint density at radius 3 is 2.67 bits per heavy atom. The van der Waals surface area contributed by atoms with Gasteiger partial charge >= 0.3 is 12.1 Å². The number of alkyl carbamates (subject to hydrolysis) is 1. The van der Waals surface area contributed by atoms with Gasteiger partial charge in [-0.05, 0) is 20.8 Å². The number of carbonyl (C=O) groups excluding carboxylic acids is 1. The van der Waals surface area contributed by atoms with Crippen molar-refractivity contribution in [3.63, 3.8) is 0 Å². The molecule has 1 heterocycles. The number of nitrogens with zero attached hydrogens (tertiary/aromatic N) is 1. The zero-order chi connectivity index (χ0) is 13.8. The minimum atomic E-state index is -1.14. The second-order valence-electron chi connectivity index (χ2n) is 4.78. The number of ether oxygens (including phenoxy) is 1. The lowest BCUT2D eigenvalue weighted by Gasteiger charge is -2.21. The first kappa shape index (κ1) is 14.0. The summed E-state index contributed by atoms with van der Waals surface area (Å²) in [5.41, 5.74) is -0.669. The standard InChI is InChI=1S/C11H17N3O4/c1-11(2,3)18-10(17)14-7(9(15)16)6-8-12-4-5-13-8/h4-5,7H,6H2,1-3H3,(H,12,13)(H,14,17)(H,15,16)/t7-/m1/s1. The molecule has 100 valence electrons. The number of carboxylic acid groups (broad SMARTS) is 1. The Hall–Kier alpha value is -2.05. The Labute approximate surface area is 105 Å². The molecule has 1 aromatic heterocycles. The van der Waals surface area contributed by atoms with Crippen LogP contribution >= 0.6 is 0 Å². The number of aliphatic carboxylic acids is 1. The highest BCUT2D eigenvalue weighted by molar-refractivity contribution is 5.80. The monoisotopic (exact) mass is 255 g/mol. The van der Waals surface area contributed by atoms with Crippen molar-refractivity contribution in [2.45, 2.75) is 38.8 Å². The zero-order valence-corrected chi connectivity index (χ0v) is 10.6. The van der Waals surface area contributed by atoms with Gasteiger partial charge in [0.05, 0.1) is 0 Å². The number of aromatic nitrogens is 2. The van der Waals surface area contributed by atoms with Crippen LogP contribution in [-0.2, 0) is 16.0 Å². The Morgan fingerprint density at radius 1 is 1.56 bits per heavy atom. The molecule has 7 heteroatoms. The predicted octanol–water partition coefficient (Wildman–Crippen LogP) is 0.930. The first-order chi connectivity index (χ1) is 8.28. The molecule has 0 unspecified atom stereocenters. The summed E-state index contributed by atoms with van der Waals surface area (Å²) in [5.74, 6) is -0.657. The van der Waals surface area contributed by atoms with Crippen molar-refractivity contribution in [2.75, 3.05) is 0 Å². The smallest absolute Gasteiger partial charge is 0.408 e. The molecule has 1 atom stereocenters. The number of nitrogens with one attached hydrogen (secondary N) is 2. The van der Waals surface area contributed by atoms with Gasteiger partial charge in [0.1, 0.15) is 17.5 Å². The maximum atomic E-state index is 11.5. The van der Waals surface area contributed by atoms with Crippen LogP contribution in [0.4, 0.5) is 4.79 Å². The SMILES string of the molecule is CC(C)(C)OC(=O)N[C@H](Cc1ncc[nH]1)C(=O)O. The molecular weight excluding hydrogens is 238 g/mol. The van der Waals surface area contributed by atoms with Crippen LogP contribution in [0.1, 0.15) is 26.6 Å². The molecule has 1 rings (SSSR count). The van der Waals surface area contributed by atoms with Crippen LogP contribution in [0.15, 0.2) is 12.4 Å². The summed E-state index contributed by atoms with van der Waals surface area (Å²) in [7, 11) is 0. The fourth-order valence-corrected chi connectivity index (χ4v) is 1.25. The number of carboxylic acids is 1. The first-order valence-electron chi connectivity index (χ1n) is 5.48.